The van der Waals surface area contributed by atoms with Crippen molar-refractivity contribution in [1.82, 2.24) is 10.2 Å². The third-order valence-corrected chi connectivity index (χ3v) is 7.27. The molecular formula is C18H18N2O4S3. The first-order chi connectivity index (χ1) is 12.8. The fraction of sp³-hybridized carbons (Fsp3) is 0.278. The van der Waals surface area contributed by atoms with Crippen molar-refractivity contribution in [2.24, 2.45) is 0 Å². The molecule has 2 saturated heterocycles. The standard InChI is InChI=1S/C18H18N2O4S3/c21-16(19-14-9-10-27(23,24)12-14)11-20-17(22)15(26-18(20)25)8-4-7-13-5-2-1-3-6-13/h1-8,14H,9-12H2,(H,19,21)/b7-4+,15-8+/t14-/m0/s1. The van der Waals surface area contributed by atoms with Crippen LogP contribution in [0.4, 0.5) is 0 Å². The van der Waals surface area contributed by atoms with E-state index in [4.69, 9.17) is 12.2 Å². The number of hydrogen-bond donors (Lipinski definition) is 1. The number of carbonyl (C=O) groups excluding carboxylic acids is 2. The number of benzene rings is 1. The molecule has 142 valence electrons. The Morgan fingerprint density at radius 2 is 2.07 bits per heavy atom. The lowest BCUT2D eigenvalue weighted by molar-refractivity contribution is -0.129. The summed E-state index contributed by atoms with van der Waals surface area (Å²) in [6, 6.07) is 9.27. The highest BCUT2D eigenvalue weighted by Crippen LogP contribution is 2.30. The normalized spacial score (nSPS) is 23.5. The highest BCUT2D eigenvalue weighted by Gasteiger charge is 2.34. The zero-order valence-electron chi connectivity index (χ0n) is 14.3. The first-order valence-corrected chi connectivity index (χ1v) is 11.4. The molecule has 2 aliphatic heterocycles. The zero-order chi connectivity index (χ0) is 19.4. The maximum absolute atomic E-state index is 12.5. The van der Waals surface area contributed by atoms with Crippen molar-refractivity contribution in [2.75, 3.05) is 18.1 Å². The van der Waals surface area contributed by atoms with E-state index < -0.39 is 21.8 Å². The fourth-order valence-electron chi connectivity index (χ4n) is 2.79. The number of carbonyl (C=O) groups is 2. The summed E-state index contributed by atoms with van der Waals surface area (Å²) < 4.78 is 23.2. The van der Waals surface area contributed by atoms with Crippen LogP contribution in [0.5, 0.6) is 0 Å². The number of hydrogen-bond acceptors (Lipinski definition) is 6. The molecule has 0 aliphatic carbocycles. The smallest absolute Gasteiger partial charge is 0.266 e. The maximum Gasteiger partial charge on any atom is 0.266 e. The van der Waals surface area contributed by atoms with Gasteiger partial charge in [-0.05, 0) is 18.1 Å². The second kappa shape index (κ2) is 8.37. The molecule has 0 aromatic heterocycles. The molecule has 9 heteroatoms. The molecule has 1 N–H and O–H groups in total. The van der Waals surface area contributed by atoms with E-state index in [9.17, 15) is 18.0 Å². The van der Waals surface area contributed by atoms with Crippen molar-refractivity contribution in [3.63, 3.8) is 0 Å². The van der Waals surface area contributed by atoms with Gasteiger partial charge in [0.05, 0.1) is 16.4 Å². The second-order valence-electron chi connectivity index (χ2n) is 6.23. The predicted octanol–water partition coefficient (Wildman–Crippen LogP) is 1.75. The molecule has 0 unspecified atom stereocenters. The van der Waals surface area contributed by atoms with Crippen LogP contribution in [0.25, 0.3) is 6.08 Å². The topological polar surface area (TPSA) is 83.6 Å². The van der Waals surface area contributed by atoms with Crippen LogP contribution in [-0.4, -0.2) is 53.5 Å². The molecule has 3 rings (SSSR count). The summed E-state index contributed by atoms with van der Waals surface area (Å²) in [5.41, 5.74) is 1.01. The largest absolute Gasteiger partial charge is 0.351 e. The predicted molar refractivity (Wildman–Crippen MR) is 111 cm³/mol. The van der Waals surface area contributed by atoms with Gasteiger partial charge in [0.1, 0.15) is 10.9 Å². The zero-order valence-corrected chi connectivity index (χ0v) is 16.8. The van der Waals surface area contributed by atoms with E-state index >= 15 is 0 Å². The minimum atomic E-state index is -3.07. The molecule has 6 nitrogen and oxygen atoms in total. The van der Waals surface area contributed by atoms with Gasteiger partial charge in [-0.1, -0.05) is 66.5 Å². The number of amides is 2. The average Bonchev–Trinajstić information content (AvgIpc) is 3.09. The first-order valence-electron chi connectivity index (χ1n) is 8.31. The van der Waals surface area contributed by atoms with E-state index in [1.54, 1.807) is 12.2 Å². The summed E-state index contributed by atoms with van der Waals surface area (Å²) in [6.45, 7) is -0.207. The fourth-order valence-corrected chi connectivity index (χ4v) is 5.67. The minimum absolute atomic E-state index is 0.0542. The van der Waals surface area contributed by atoms with Crippen LogP contribution in [0.3, 0.4) is 0 Å². The number of thioether (sulfide) groups is 1. The summed E-state index contributed by atoms with van der Waals surface area (Å²) in [5.74, 6) is -0.706. The molecule has 1 atom stereocenters. The third-order valence-electron chi connectivity index (χ3n) is 4.11. The Morgan fingerprint density at radius 3 is 2.74 bits per heavy atom. The van der Waals surface area contributed by atoms with Gasteiger partial charge in [-0.3, -0.25) is 14.5 Å². The Morgan fingerprint density at radius 1 is 1.33 bits per heavy atom. The monoisotopic (exact) mass is 422 g/mol. The molecule has 0 spiro atoms. The van der Waals surface area contributed by atoms with Crippen LogP contribution in [0.1, 0.15) is 12.0 Å². The van der Waals surface area contributed by atoms with Gasteiger partial charge >= 0.3 is 0 Å². The molecule has 27 heavy (non-hydrogen) atoms. The second-order valence-corrected chi connectivity index (χ2v) is 10.1. The Hall–Kier alpha value is -1.97. The summed E-state index contributed by atoms with van der Waals surface area (Å²) >= 11 is 6.35. The van der Waals surface area contributed by atoms with Crippen LogP contribution in [0.2, 0.25) is 0 Å². The van der Waals surface area contributed by atoms with Gasteiger partial charge in [-0.25, -0.2) is 8.42 Å². The maximum atomic E-state index is 12.5. The molecule has 2 fully saturated rings. The number of sulfone groups is 1. The van der Waals surface area contributed by atoms with Gasteiger partial charge in [-0.2, -0.15) is 0 Å². The molecular weight excluding hydrogens is 404 g/mol. The van der Waals surface area contributed by atoms with Crippen LogP contribution < -0.4 is 5.32 Å². The lowest BCUT2D eigenvalue weighted by Crippen LogP contribution is -2.43. The van der Waals surface area contributed by atoms with Crippen LogP contribution in [0, 0.1) is 0 Å². The van der Waals surface area contributed by atoms with E-state index in [1.807, 2.05) is 36.4 Å². The number of thiocarbonyl (C=S) groups is 1. The van der Waals surface area contributed by atoms with Crippen molar-refractivity contribution in [1.29, 1.82) is 0 Å². The molecule has 0 saturated carbocycles. The molecule has 1 aromatic carbocycles. The van der Waals surface area contributed by atoms with Gasteiger partial charge < -0.3 is 5.32 Å². The minimum Gasteiger partial charge on any atom is -0.351 e. The summed E-state index contributed by atoms with van der Waals surface area (Å²) in [6.07, 6.45) is 5.72. The van der Waals surface area contributed by atoms with Crippen LogP contribution in [-0.2, 0) is 19.4 Å². The molecule has 0 radical (unpaired) electrons. The number of rotatable bonds is 5. The van der Waals surface area contributed by atoms with Crippen LogP contribution in [0.15, 0.2) is 47.4 Å². The molecule has 2 amide bonds. The van der Waals surface area contributed by atoms with E-state index in [-0.39, 0.29) is 24.0 Å². The Balaban J connectivity index is 1.58. The summed E-state index contributed by atoms with van der Waals surface area (Å²) in [7, 11) is -3.07. The molecule has 0 bridgehead atoms. The van der Waals surface area contributed by atoms with Gasteiger partial charge in [0.2, 0.25) is 5.91 Å². The van der Waals surface area contributed by atoms with Crippen molar-refractivity contribution >= 4 is 56.0 Å². The van der Waals surface area contributed by atoms with Crippen molar-refractivity contribution in [3.05, 3.63) is 53.0 Å². The Bertz CT molecular complexity index is 923. The van der Waals surface area contributed by atoms with Crippen molar-refractivity contribution in [2.45, 2.75) is 12.5 Å². The van der Waals surface area contributed by atoms with Gasteiger partial charge in [0.25, 0.3) is 5.91 Å². The Kier molecular flexibility index (Phi) is 6.13. The lowest BCUT2D eigenvalue weighted by Gasteiger charge is -2.16. The third kappa shape index (κ3) is 5.27. The SMILES string of the molecule is O=C(CN1C(=O)/C(=C\C=C\c2ccccc2)SC1=S)N[C@H]1CCS(=O)(=O)C1. The molecule has 2 aliphatic rings. The summed E-state index contributed by atoms with van der Waals surface area (Å²) in [4.78, 5) is 26.3. The Labute approximate surface area is 167 Å². The van der Waals surface area contributed by atoms with Gasteiger partial charge in [0, 0.05) is 6.04 Å². The molecule has 2 heterocycles. The molecule has 1 aromatic rings. The average molecular weight is 423 g/mol. The number of nitrogens with one attached hydrogen (secondary N) is 1. The van der Waals surface area contributed by atoms with E-state index in [0.29, 0.717) is 15.6 Å². The number of allylic oxidation sites excluding steroid dienone is 2. The first kappa shape index (κ1) is 19.8. The van der Waals surface area contributed by atoms with Gasteiger partial charge in [0.15, 0.2) is 9.84 Å². The van der Waals surface area contributed by atoms with Crippen molar-refractivity contribution in [3.8, 4) is 0 Å². The highest BCUT2D eigenvalue weighted by atomic mass is 32.2. The van der Waals surface area contributed by atoms with Crippen LogP contribution >= 0.6 is 24.0 Å². The summed E-state index contributed by atoms with van der Waals surface area (Å²) in [5, 5.41) is 2.67. The highest BCUT2D eigenvalue weighted by molar-refractivity contribution is 8.26. The lowest BCUT2D eigenvalue weighted by atomic mass is 10.2. The quantitative estimate of drug-likeness (QED) is 0.575. The van der Waals surface area contributed by atoms with E-state index in [2.05, 4.69) is 5.32 Å². The van der Waals surface area contributed by atoms with Crippen molar-refractivity contribution < 1.29 is 18.0 Å². The van der Waals surface area contributed by atoms with Gasteiger partial charge in [-0.15, -0.1) is 0 Å². The van der Waals surface area contributed by atoms with E-state index in [1.165, 1.54) is 4.90 Å². The van der Waals surface area contributed by atoms with E-state index in [0.717, 1.165) is 17.3 Å². The number of nitrogens with zero attached hydrogens (tertiary/aromatic N) is 1.